The van der Waals surface area contributed by atoms with Crippen LogP contribution in [0.25, 0.3) is 93.5 Å². The van der Waals surface area contributed by atoms with Crippen molar-refractivity contribution >= 4 is 60.4 Å². The third kappa shape index (κ3) is 5.05. The van der Waals surface area contributed by atoms with E-state index in [2.05, 4.69) is 228 Å². The van der Waals surface area contributed by atoms with Crippen LogP contribution in [0.2, 0.25) is 0 Å². The topological polar surface area (TPSA) is 8.17 Å². The fraction of sp³-hybridized carbons (Fsp3) is 0. The summed E-state index contributed by atoms with van der Waals surface area (Å²) in [6, 6.07) is 80.0. The van der Waals surface area contributed by atoms with Crippen LogP contribution in [0.5, 0.6) is 0 Å². The zero-order valence-corrected chi connectivity index (χ0v) is 31.7. The number of benzene rings is 10. The summed E-state index contributed by atoms with van der Waals surface area (Å²) in [5, 5.41) is 7.44. The molecule has 0 bridgehead atoms. The van der Waals surface area contributed by atoms with E-state index in [1.54, 1.807) is 0 Å². The summed E-state index contributed by atoms with van der Waals surface area (Å²) in [6.45, 7) is 0. The standard InChI is InChI=1S/C56H36N2/c1-4-14-37(15-5-1)39-26-28-45(29-27-39)57(46-30-31-49-48-22-12-13-23-53(48)58(54(49)36-46)44-19-8-3-9-20-44)56-47-21-11-10-18-42(47)34-51-50-33-41-25-24-40(38-16-6-2-7-17-38)32-43(41)35-52(50)55(51)56/h1-36H. The molecule has 0 saturated carbocycles. The fourth-order valence-electron chi connectivity index (χ4n) is 9.31. The Kier molecular flexibility index (Phi) is 7.26. The van der Waals surface area contributed by atoms with Crippen molar-refractivity contribution in [1.29, 1.82) is 0 Å². The Morgan fingerprint density at radius 2 is 0.879 bits per heavy atom. The lowest BCUT2D eigenvalue weighted by atomic mass is 9.76. The highest BCUT2D eigenvalue weighted by atomic mass is 15.1. The summed E-state index contributed by atoms with van der Waals surface area (Å²) in [5.74, 6) is 0. The monoisotopic (exact) mass is 736 g/mol. The quantitative estimate of drug-likeness (QED) is 0.165. The van der Waals surface area contributed by atoms with Gasteiger partial charge in [-0.25, -0.2) is 0 Å². The zero-order chi connectivity index (χ0) is 38.2. The Balaban J connectivity index is 1.12. The summed E-state index contributed by atoms with van der Waals surface area (Å²) in [4.78, 5) is 2.51. The van der Waals surface area contributed by atoms with Crippen molar-refractivity contribution in [3.63, 3.8) is 0 Å². The molecule has 270 valence electrons. The minimum atomic E-state index is 1.11. The van der Waals surface area contributed by atoms with Gasteiger partial charge >= 0.3 is 0 Å². The molecule has 0 fully saturated rings. The molecule has 0 amide bonds. The molecule has 0 unspecified atom stereocenters. The predicted molar refractivity (Wildman–Crippen MR) is 246 cm³/mol. The van der Waals surface area contributed by atoms with Crippen molar-refractivity contribution in [3.05, 3.63) is 218 Å². The molecule has 1 aliphatic rings. The first-order valence-corrected chi connectivity index (χ1v) is 20.0. The first-order valence-electron chi connectivity index (χ1n) is 20.0. The first-order chi connectivity index (χ1) is 28.8. The van der Waals surface area contributed by atoms with Crippen molar-refractivity contribution in [2.75, 3.05) is 4.90 Å². The number of hydrogen-bond donors (Lipinski definition) is 0. The SMILES string of the molecule is c1ccc(-c2ccc(N(c3ccc4c5ccccc5n(-c5ccccc5)c4c3)c3c4c(cc5ccccc35)-c3cc5ccc(-c6ccccc6)cc5cc3-4)cc2)cc1. The summed E-state index contributed by atoms with van der Waals surface area (Å²) in [7, 11) is 0. The zero-order valence-electron chi connectivity index (χ0n) is 31.7. The molecule has 0 radical (unpaired) electrons. The minimum Gasteiger partial charge on any atom is -0.309 e. The van der Waals surface area contributed by atoms with Gasteiger partial charge in [0.25, 0.3) is 0 Å². The molecule has 0 aliphatic heterocycles. The van der Waals surface area contributed by atoms with E-state index >= 15 is 0 Å². The molecule has 12 rings (SSSR count). The van der Waals surface area contributed by atoms with Crippen LogP contribution in [0.15, 0.2) is 218 Å². The average Bonchev–Trinajstić information content (AvgIpc) is 3.63. The van der Waals surface area contributed by atoms with Gasteiger partial charge in [-0.3, -0.25) is 0 Å². The van der Waals surface area contributed by atoms with E-state index in [1.165, 1.54) is 93.5 Å². The molecule has 1 aromatic heterocycles. The third-order valence-electron chi connectivity index (χ3n) is 12.1. The van der Waals surface area contributed by atoms with Gasteiger partial charge in [-0.15, -0.1) is 0 Å². The lowest BCUT2D eigenvalue weighted by Gasteiger charge is -2.35. The number of hydrogen-bond acceptors (Lipinski definition) is 1. The lowest BCUT2D eigenvalue weighted by molar-refractivity contribution is 1.18. The number of nitrogens with zero attached hydrogens (tertiary/aromatic N) is 2. The normalized spacial score (nSPS) is 11.8. The Morgan fingerprint density at radius 1 is 0.310 bits per heavy atom. The second-order valence-electron chi connectivity index (χ2n) is 15.3. The highest BCUT2D eigenvalue weighted by Gasteiger charge is 2.32. The van der Waals surface area contributed by atoms with E-state index in [0.29, 0.717) is 0 Å². The third-order valence-corrected chi connectivity index (χ3v) is 12.1. The van der Waals surface area contributed by atoms with Crippen LogP contribution < -0.4 is 4.90 Å². The smallest absolute Gasteiger partial charge is 0.0624 e. The van der Waals surface area contributed by atoms with Crippen LogP contribution in [0.4, 0.5) is 17.1 Å². The van der Waals surface area contributed by atoms with E-state index in [4.69, 9.17) is 0 Å². The maximum atomic E-state index is 2.51. The molecule has 10 aromatic carbocycles. The van der Waals surface area contributed by atoms with Gasteiger partial charge in [0.1, 0.15) is 0 Å². The maximum Gasteiger partial charge on any atom is 0.0624 e. The second kappa shape index (κ2) is 12.9. The molecule has 11 aromatic rings. The van der Waals surface area contributed by atoms with Crippen LogP contribution >= 0.6 is 0 Å². The van der Waals surface area contributed by atoms with Gasteiger partial charge < -0.3 is 9.47 Å². The number of anilines is 3. The van der Waals surface area contributed by atoms with Crippen LogP contribution in [-0.4, -0.2) is 4.57 Å². The van der Waals surface area contributed by atoms with Crippen molar-refractivity contribution in [2.24, 2.45) is 0 Å². The van der Waals surface area contributed by atoms with Crippen LogP contribution in [0.1, 0.15) is 0 Å². The van der Waals surface area contributed by atoms with Gasteiger partial charge in [0.15, 0.2) is 0 Å². The molecule has 0 spiro atoms. The molecule has 2 heteroatoms. The van der Waals surface area contributed by atoms with E-state index < -0.39 is 0 Å². The predicted octanol–water partition coefficient (Wildman–Crippen LogP) is 15.5. The second-order valence-corrected chi connectivity index (χ2v) is 15.3. The summed E-state index contributed by atoms with van der Waals surface area (Å²) in [6.07, 6.45) is 0. The Morgan fingerprint density at radius 3 is 1.66 bits per heavy atom. The van der Waals surface area contributed by atoms with Gasteiger partial charge in [-0.2, -0.15) is 0 Å². The number of fused-ring (bicyclic) bond motifs is 9. The highest BCUT2D eigenvalue weighted by molar-refractivity contribution is 6.21. The summed E-state index contributed by atoms with van der Waals surface area (Å²) < 4.78 is 2.41. The van der Waals surface area contributed by atoms with Crippen molar-refractivity contribution in [1.82, 2.24) is 4.57 Å². The van der Waals surface area contributed by atoms with Crippen molar-refractivity contribution < 1.29 is 0 Å². The van der Waals surface area contributed by atoms with Crippen LogP contribution in [0, 0.1) is 0 Å². The minimum absolute atomic E-state index is 1.11. The highest BCUT2D eigenvalue weighted by Crippen LogP contribution is 2.58. The number of para-hydroxylation sites is 2. The Bertz CT molecular complexity index is 3360. The molecule has 58 heavy (non-hydrogen) atoms. The van der Waals surface area contributed by atoms with Crippen LogP contribution in [0.3, 0.4) is 0 Å². The molecule has 2 nitrogen and oxygen atoms in total. The molecule has 0 atom stereocenters. The largest absolute Gasteiger partial charge is 0.309 e. The molecule has 0 N–H and O–H groups in total. The van der Waals surface area contributed by atoms with E-state index in [0.717, 1.165) is 17.1 Å². The van der Waals surface area contributed by atoms with E-state index in [1.807, 2.05) is 0 Å². The maximum absolute atomic E-state index is 2.51. The fourth-order valence-corrected chi connectivity index (χ4v) is 9.31. The Labute approximate surface area is 337 Å². The van der Waals surface area contributed by atoms with Gasteiger partial charge in [-0.1, -0.05) is 152 Å². The first kappa shape index (κ1) is 32.6. The molecular formula is C56H36N2. The summed E-state index contributed by atoms with van der Waals surface area (Å²) in [5.41, 5.74) is 17.0. The molecule has 0 saturated heterocycles. The van der Waals surface area contributed by atoms with E-state index in [9.17, 15) is 0 Å². The van der Waals surface area contributed by atoms with Crippen molar-refractivity contribution in [3.8, 4) is 50.2 Å². The Hall–Kier alpha value is -7.68. The van der Waals surface area contributed by atoms with Gasteiger partial charge in [0.2, 0.25) is 0 Å². The number of rotatable bonds is 6. The average molecular weight is 737 g/mol. The summed E-state index contributed by atoms with van der Waals surface area (Å²) >= 11 is 0. The lowest BCUT2D eigenvalue weighted by Crippen LogP contribution is -2.15. The molecule has 1 heterocycles. The molecular weight excluding hydrogens is 701 g/mol. The van der Waals surface area contributed by atoms with Gasteiger partial charge in [-0.05, 0) is 122 Å². The number of aromatic nitrogens is 1. The van der Waals surface area contributed by atoms with Crippen molar-refractivity contribution in [2.45, 2.75) is 0 Å². The van der Waals surface area contributed by atoms with Crippen LogP contribution in [-0.2, 0) is 0 Å². The molecule has 1 aliphatic carbocycles. The van der Waals surface area contributed by atoms with Gasteiger partial charge in [0.05, 0.1) is 16.7 Å². The van der Waals surface area contributed by atoms with Gasteiger partial charge in [0, 0.05) is 38.8 Å². The van der Waals surface area contributed by atoms with E-state index in [-0.39, 0.29) is 0 Å².